The Bertz CT molecular complexity index is 618. The van der Waals surface area contributed by atoms with E-state index < -0.39 is 0 Å². The van der Waals surface area contributed by atoms with Gasteiger partial charge in [-0.15, -0.1) is 0 Å². The first kappa shape index (κ1) is 17.0. The molecule has 1 amide bonds. The normalized spacial score (nSPS) is 35.0. The molecule has 0 bridgehead atoms. The summed E-state index contributed by atoms with van der Waals surface area (Å²) in [6, 6.07) is 1.06. The highest BCUT2D eigenvalue weighted by atomic mass is 16.5. The number of aryl methyl sites for hydroxylation is 1. The van der Waals surface area contributed by atoms with Crippen molar-refractivity contribution < 1.29 is 9.53 Å². The molecule has 3 aliphatic heterocycles. The maximum absolute atomic E-state index is 12.4. The van der Waals surface area contributed by atoms with Crippen molar-refractivity contribution in [2.24, 2.45) is 7.05 Å². The summed E-state index contributed by atoms with van der Waals surface area (Å²) >= 11 is 0. The first-order valence-corrected chi connectivity index (χ1v) is 9.49. The Kier molecular flexibility index (Phi) is 4.80. The summed E-state index contributed by atoms with van der Waals surface area (Å²) in [7, 11) is 1.96. The van der Waals surface area contributed by atoms with E-state index in [-0.39, 0.29) is 12.1 Å². The highest BCUT2D eigenvalue weighted by molar-refractivity contribution is 5.77. The van der Waals surface area contributed by atoms with E-state index in [9.17, 15) is 4.79 Å². The summed E-state index contributed by atoms with van der Waals surface area (Å²) in [5.41, 5.74) is 1.26. The minimum absolute atomic E-state index is 0.119. The van der Waals surface area contributed by atoms with Crippen molar-refractivity contribution in [2.45, 2.75) is 56.9 Å². The van der Waals surface area contributed by atoms with Crippen molar-refractivity contribution in [2.75, 3.05) is 26.3 Å². The van der Waals surface area contributed by atoms with Crippen LogP contribution in [0.15, 0.2) is 12.4 Å². The monoisotopic (exact) mass is 347 g/mol. The van der Waals surface area contributed by atoms with Gasteiger partial charge in [0.1, 0.15) is 0 Å². The van der Waals surface area contributed by atoms with Gasteiger partial charge in [0, 0.05) is 56.4 Å². The summed E-state index contributed by atoms with van der Waals surface area (Å²) < 4.78 is 7.44. The van der Waals surface area contributed by atoms with Gasteiger partial charge in [-0.05, 0) is 26.2 Å². The number of ether oxygens (including phenoxy) is 1. The first-order valence-electron chi connectivity index (χ1n) is 9.49. The molecule has 4 atom stereocenters. The van der Waals surface area contributed by atoms with E-state index >= 15 is 0 Å². The zero-order valence-corrected chi connectivity index (χ0v) is 15.2. The average molecular weight is 347 g/mol. The van der Waals surface area contributed by atoms with Crippen molar-refractivity contribution in [1.82, 2.24) is 24.9 Å². The van der Waals surface area contributed by atoms with Crippen LogP contribution in [0.25, 0.3) is 0 Å². The Morgan fingerprint density at radius 3 is 2.96 bits per heavy atom. The number of aromatic nitrogens is 2. The minimum atomic E-state index is 0.119. The molecule has 0 aliphatic carbocycles. The third kappa shape index (κ3) is 3.45. The molecular weight excluding hydrogens is 318 g/mol. The fraction of sp³-hybridized carbons (Fsp3) is 0.778. The Morgan fingerprint density at radius 2 is 2.20 bits per heavy atom. The Balaban J connectivity index is 1.49. The zero-order chi connectivity index (χ0) is 17.4. The number of likely N-dealkylation sites (tertiary alicyclic amines) is 1. The van der Waals surface area contributed by atoms with Gasteiger partial charge in [0.25, 0.3) is 0 Å². The number of hydrogen-bond donors (Lipinski definition) is 1. The Labute approximate surface area is 149 Å². The van der Waals surface area contributed by atoms with Crippen LogP contribution < -0.4 is 5.32 Å². The lowest BCUT2D eigenvalue weighted by Gasteiger charge is -2.45. The van der Waals surface area contributed by atoms with Crippen LogP contribution in [0, 0.1) is 0 Å². The molecule has 4 rings (SSSR count). The van der Waals surface area contributed by atoms with Crippen LogP contribution in [0.3, 0.4) is 0 Å². The Morgan fingerprint density at radius 1 is 1.32 bits per heavy atom. The standard InChI is InChI=1S/C18H29N5O2/c1-13-12-25-7-6-22(13)15-8-17(20-18(24)9-15)23-5-3-4-16(23)14-10-19-21(2)11-14/h10-11,13,15-17H,3-9,12H2,1-2H3,(H,20,24)/t13-,15?,16?,17?/m1/s1. The van der Waals surface area contributed by atoms with E-state index in [2.05, 4.69) is 33.3 Å². The predicted octanol–water partition coefficient (Wildman–Crippen LogP) is 0.882. The molecule has 0 radical (unpaired) electrons. The van der Waals surface area contributed by atoms with Crippen LogP contribution in [0.4, 0.5) is 0 Å². The molecule has 4 heterocycles. The third-order valence-electron chi connectivity index (χ3n) is 5.94. The summed E-state index contributed by atoms with van der Waals surface area (Å²) in [6.07, 6.45) is 8.10. The molecule has 0 aromatic carbocycles. The molecule has 1 N–H and O–H groups in total. The second-order valence-corrected chi connectivity index (χ2v) is 7.68. The fourth-order valence-corrected chi connectivity index (χ4v) is 4.74. The van der Waals surface area contributed by atoms with E-state index in [0.29, 0.717) is 24.5 Å². The van der Waals surface area contributed by atoms with E-state index in [1.165, 1.54) is 12.0 Å². The number of carbonyl (C=O) groups is 1. The number of piperidine rings is 1. The number of nitrogens with one attached hydrogen (secondary N) is 1. The van der Waals surface area contributed by atoms with Gasteiger partial charge < -0.3 is 10.1 Å². The highest BCUT2D eigenvalue weighted by Gasteiger charge is 2.40. The first-order chi connectivity index (χ1) is 12.1. The van der Waals surface area contributed by atoms with E-state index in [0.717, 1.165) is 39.1 Å². The average Bonchev–Trinajstić information content (AvgIpc) is 3.23. The van der Waals surface area contributed by atoms with Gasteiger partial charge in [0.15, 0.2) is 0 Å². The number of carbonyl (C=O) groups excluding carboxylic acids is 1. The van der Waals surface area contributed by atoms with Gasteiger partial charge in [-0.3, -0.25) is 19.3 Å². The molecule has 7 nitrogen and oxygen atoms in total. The van der Waals surface area contributed by atoms with Crippen molar-refractivity contribution in [3.05, 3.63) is 18.0 Å². The molecule has 3 saturated heterocycles. The molecule has 0 spiro atoms. The largest absolute Gasteiger partial charge is 0.379 e. The maximum atomic E-state index is 12.4. The van der Waals surface area contributed by atoms with Crippen LogP contribution in [0.2, 0.25) is 0 Å². The summed E-state index contributed by atoms with van der Waals surface area (Å²) in [5.74, 6) is 0.178. The molecule has 3 unspecified atom stereocenters. The lowest BCUT2D eigenvalue weighted by molar-refractivity contribution is -0.130. The molecule has 138 valence electrons. The fourth-order valence-electron chi connectivity index (χ4n) is 4.74. The molecule has 3 aliphatic rings. The molecule has 25 heavy (non-hydrogen) atoms. The lowest BCUT2D eigenvalue weighted by atomic mass is 9.97. The minimum Gasteiger partial charge on any atom is -0.379 e. The summed E-state index contributed by atoms with van der Waals surface area (Å²) in [6.45, 7) is 5.71. The van der Waals surface area contributed by atoms with E-state index in [1.54, 1.807) is 0 Å². The summed E-state index contributed by atoms with van der Waals surface area (Å²) in [5, 5.41) is 7.59. The zero-order valence-electron chi connectivity index (χ0n) is 15.2. The Hall–Kier alpha value is -1.44. The van der Waals surface area contributed by atoms with Crippen LogP contribution in [0.5, 0.6) is 0 Å². The molecule has 7 heteroatoms. The SMILES string of the molecule is C[C@@H]1COCCN1C1CC(=O)NC(N2CCCC2c2cnn(C)c2)C1. The number of hydrogen-bond acceptors (Lipinski definition) is 5. The highest BCUT2D eigenvalue weighted by Crippen LogP contribution is 2.35. The molecular formula is C18H29N5O2. The van der Waals surface area contributed by atoms with Gasteiger partial charge in [-0.1, -0.05) is 0 Å². The van der Waals surface area contributed by atoms with Crippen LogP contribution in [0.1, 0.15) is 44.2 Å². The van der Waals surface area contributed by atoms with Gasteiger partial charge in [0.2, 0.25) is 5.91 Å². The quantitative estimate of drug-likeness (QED) is 0.880. The third-order valence-corrected chi connectivity index (χ3v) is 5.94. The lowest BCUT2D eigenvalue weighted by Crippen LogP contribution is -2.59. The van der Waals surface area contributed by atoms with Crippen LogP contribution in [-0.4, -0.2) is 70.0 Å². The molecule has 0 saturated carbocycles. The maximum Gasteiger partial charge on any atom is 0.222 e. The molecule has 1 aromatic heterocycles. The second-order valence-electron chi connectivity index (χ2n) is 7.68. The van der Waals surface area contributed by atoms with Gasteiger partial charge in [0.05, 0.1) is 25.6 Å². The summed E-state index contributed by atoms with van der Waals surface area (Å²) in [4.78, 5) is 17.4. The number of amides is 1. The predicted molar refractivity (Wildman–Crippen MR) is 93.8 cm³/mol. The molecule has 3 fully saturated rings. The van der Waals surface area contributed by atoms with E-state index in [1.807, 2.05) is 17.9 Å². The van der Waals surface area contributed by atoms with E-state index in [4.69, 9.17) is 4.74 Å². The van der Waals surface area contributed by atoms with Crippen LogP contribution in [-0.2, 0) is 16.6 Å². The van der Waals surface area contributed by atoms with Gasteiger partial charge in [-0.2, -0.15) is 5.10 Å². The second kappa shape index (κ2) is 7.05. The smallest absolute Gasteiger partial charge is 0.222 e. The van der Waals surface area contributed by atoms with Crippen molar-refractivity contribution in [3.63, 3.8) is 0 Å². The van der Waals surface area contributed by atoms with Gasteiger partial charge >= 0.3 is 0 Å². The number of morpholine rings is 1. The van der Waals surface area contributed by atoms with Gasteiger partial charge in [-0.25, -0.2) is 0 Å². The van der Waals surface area contributed by atoms with Crippen molar-refractivity contribution in [3.8, 4) is 0 Å². The topological polar surface area (TPSA) is 62.6 Å². The molecule has 1 aromatic rings. The number of nitrogens with zero attached hydrogens (tertiary/aromatic N) is 4. The van der Waals surface area contributed by atoms with Crippen LogP contribution >= 0.6 is 0 Å². The number of rotatable bonds is 3. The van der Waals surface area contributed by atoms with Crippen molar-refractivity contribution in [1.29, 1.82) is 0 Å². The van der Waals surface area contributed by atoms with Crippen molar-refractivity contribution >= 4 is 5.91 Å².